The summed E-state index contributed by atoms with van der Waals surface area (Å²) in [7, 11) is 4.62. The number of nitrogens with zero attached hydrogens (tertiary/aromatic N) is 2. The molecule has 1 saturated heterocycles. The molecule has 5 atom stereocenters. The van der Waals surface area contributed by atoms with E-state index in [0.717, 1.165) is 22.5 Å². The highest BCUT2D eigenvalue weighted by atomic mass is 35.5. The smallest absolute Gasteiger partial charge is 0.416 e. The zero-order valence-corrected chi connectivity index (χ0v) is 21.5. The van der Waals surface area contributed by atoms with Gasteiger partial charge in [0.15, 0.2) is 0 Å². The number of hydrogen-bond donors (Lipinski definition) is 0. The molecule has 8 nitrogen and oxygen atoms in total. The van der Waals surface area contributed by atoms with Crippen molar-refractivity contribution in [3.63, 3.8) is 0 Å². The molecule has 3 aromatic rings. The van der Waals surface area contributed by atoms with Crippen LogP contribution < -0.4 is 4.90 Å². The number of ether oxygens (including phenoxy) is 5. The first-order valence-electron chi connectivity index (χ1n) is 11.2. The molecule has 1 fully saturated rings. The molecular formula is C25H24ClFN2O6S. The number of benzene rings is 2. The summed E-state index contributed by atoms with van der Waals surface area (Å²) in [5.74, 6) is -0.476. The number of hydrogen-bond acceptors (Lipinski definition) is 8. The van der Waals surface area contributed by atoms with Crippen LogP contribution in [-0.2, 0) is 23.7 Å². The molecule has 3 heterocycles. The van der Waals surface area contributed by atoms with Gasteiger partial charge in [0.2, 0.25) is 6.29 Å². The monoisotopic (exact) mass is 534 g/mol. The minimum absolute atomic E-state index is 0.0459. The fourth-order valence-electron chi connectivity index (χ4n) is 4.44. The summed E-state index contributed by atoms with van der Waals surface area (Å²) in [6.07, 6.45) is -3.42. The average molecular weight is 535 g/mol. The van der Waals surface area contributed by atoms with Gasteiger partial charge in [-0.1, -0.05) is 17.7 Å². The minimum atomic E-state index is -0.964. The van der Waals surface area contributed by atoms with Crippen molar-refractivity contribution in [2.45, 2.75) is 37.6 Å². The molecule has 1 aromatic heterocycles. The normalized spacial score (nSPS) is 24.9. The molecule has 5 rings (SSSR count). The predicted molar refractivity (Wildman–Crippen MR) is 133 cm³/mol. The molecule has 36 heavy (non-hydrogen) atoms. The van der Waals surface area contributed by atoms with Crippen LogP contribution in [0.1, 0.15) is 6.92 Å². The van der Waals surface area contributed by atoms with E-state index in [4.69, 9.17) is 35.3 Å². The van der Waals surface area contributed by atoms with Crippen LogP contribution >= 0.6 is 22.9 Å². The number of halogens is 2. The van der Waals surface area contributed by atoms with Crippen molar-refractivity contribution in [3.8, 4) is 21.8 Å². The first-order valence-corrected chi connectivity index (χ1v) is 12.4. The summed E-state index contributed by atoms with van der Waals surface area (Å²) in [4.78, 5) is 19.1. The molecule has 1 amide bonds. The molecular weight excluding hydrogens is 511 g/mol. The lowest BCUT2D eigenvalue weighted by Gasteiger charge is -2.43. The van der Waals surface area contributed by atoms with Crippen molar-refractivity contribution in [3.05, 3.63) is 52.6 Å². The molecule has 11 heteroatoms. The summed E-state index contributed by atoms with van der Waals surface area (Å²) in [5.41, 5.74) is 3.75. The van der Waals surface area contributed by atoms with Crippen LogP contribution in [0.2, 0.25) is 5.02 Å². The second-order valence-corrected chi connectivity index (χ2v) is 9.67. The van der Waals surface area contributed by atoms with Gasteiger partial charge in [-0.25, -0.2) is 19.1 Å². The number of carbonyl (C=O) groups is 1. The molecule has 2 aliphatic heterocycles. The Balaban J connectivity index is 1.29. The Kier molecular flexibility index (Phi) is 6.99. The van der Waals surface area contributed by atoms with E-state index in [9.17, 15) is 9.18 Å². The highest BCUT2D eigenvalue weighted by molar-refractivity contribution is 7.13. The van der Waals surface area contributed by atoms with Gasteiger partial charge < -0.3 is 23.7 Å². The summed E-state index contributed by atoms with van der Waals surface area (Å²) in [6, 6.07) is 10.1. The third-order valence-corrected chi connectivity index (χ3v) is 7.50. The maximum Gasteiger partial charge on any atom is 0.421 e. The molecule has 0 bridgehead atoms. The van der Waals surface area contributed by atoms with E-state index in [-0.39, 0.29) is 17.2 Å². The summed E-state index contributed by atoms with van der Waals surface area (Å²) in [6.45, 7) is 1.83. The summed E-state index contributed by atoms with van der Waals surface area (Å²) in [5, 5.41) is 2.66. The van der Waals surface area contributed by atoms with Crippen LogP contribution in [0.5, 0.6) is 0 Å². The van der Waals surface area contributed by atoms with E-state index < -0.39 is 30.4 Å². The Morgan fingerprint density at radius 2 is 1.75 bits per heavy atom. The number of amides is 1. The lowest BCUT2D eigenvalue weighted by molar-refractivity contribution is -0.289. The molecule has 0 spiro atoms. The molecule has 2 aliphatic rings. The topological polar surface area (TPSA) is 79.1 Å². The Labute approximate surface area is 216 Å². The van der Waals surface area contributed by atoms with Crippen LogP contribution in [0.3, 0.4) is 0 Å². The Morgan fingerprint density at radius 3 is 2.44 bits per heavy atom. The van der Waals surface area contributed by atoms with Gasteiger partial charge in [0.1, 0.15) is 29.1 Å². The number of fused-ring (bicyclic) bond motifs is 1. The Bertz CT molecular complexity index is 1290. The van der Waals surface area contributed by atoms with Gasteiger partial charge >= 0.3 is 6.09 Å². The van der Waals surface area contributed by atoms with E-state index in [1.165, 1.54) is 29.4 Å². The second kappa shape index (κ2) is 10.0. The summed E-state index contributed by atoms with van der Waals surface area (Å²) >= 11 is 7.33. The average Bonchev–Trinajstić information content (AvgIpc) is 3.38. The van der Waals surface area contributed by atoms with Gasteiger partial charge in [-0.05, 0) is 37.3 Å². The Morgan fingerprint density at radius 1 is 1.03 bits per heavy atom. The van der Waals surface area contributed by atoms with Crippen molar-refractivity contribution in [1.82, 2.24) is 4.98 Å². The van der Waals surface area contributed by atoms with Crippen LogP contribution in [0.15, 0.2) is 41.8 Å². The minimum Gasteiger partial charge on any atom is -0.416 e. The SMILES string of the molecule is CO[C@@H]1[C@@H](OC)[C@H](C)O[C@@H](OC(=O)N2c3ccc(-c4csc(-c5ccc(F)c(Cl)c5)n4)cc32)[C@@H]1OC. The highest BCUT2D eigenvalue weighted by Crippen LogP contribution is 2.50. The highest BCUT2D eigenvalue weighted by Gasteiger charge is 2.49. The van der Waals surface area contributed by atoms with Gasteiger partial charge in [0.05, 0.1) is 28.2 Å². The Hall–Kier alpha value is -2.60. The van der Waals surface area contributed by atoms with Gasteiger partial charge in [0.25, 0.3) is 0 Å². The van der Waals surface area contributed by atoms with E-state index in [0.29, 0.717) is 10.7 Å². The largest absolute Gasteiger partial charge is 0.421 e. The van der Waals surface area contributed by atoms with Gasteiger partial charge in [-0.2, -0.15) is 0 Å². The maximum atomic E-state index is 13.5. The van der Waals surface area contributed by atoms with Crippen molar-refractivity contribution in [2.75, 3.05) is 26.2 Å². The molecule has 0 unspecified atom stereocenters. The van der Waals surface area contributed by atoms with Crippen molar-refractivity contribution in [2.24, 2.45) is 0 Å². The first kappa shape index (κ1) is 25.1. The van der Waals surface area contributed by atoms with Crippen LogP contribution in [0.4, 0.5) is 20.6 Å². The predicted octanol–water partition coefficient (Wildman–Crippen LogP) is 5.65. The molecule has 0 radical (unpaired) electrons. The van der Waals surface area contributed by atoms with Gasteiger partial charge in [0, 0.05) is 37.8 Å². The zero-order valence-electron chi connectivity index (χ0n) is 19.9. The molecule has 0 saturated carbocycles. The van der Waals surface area contributed by atoms with Gasteiger partial charge in [-0.15, -0.1) is 11.3 Å². The van der Waals surface area contributed by atoms with E-state index in [1.54, 1.807) is 26.4 Å². The third-order valence-electron chi connectivity index (χ3n) is 6.32. The lowest BCUT2D eigenvalue weighted by Crippen LogP contribution is -2.59. The number of thiazole rings is 1. The standard InChI is InChI=1S/C25H24ClFN2O6S/c1-12-20(31-2)21(32-3)22(33-4)24(34-12)35-25(30)29-18-8-6-13(10-19(18)29)17-11-36-23(28-17)14-5-7-16(27)15(26)9-14/h5-12,20-22,24H,1-4H3/t12-,20-,21+,22+,24-,29?/m0/s1. The summed E-state index contributed by atoms with van der Waals surface area (Å²) < 4.78 is 41.6. The van der Waals surface area contributed by atoms with Crippen LogP contribution in [-0.4, -0.2) is 63.1 Å². The number of methoxy groups -OCH3 is 3. The quantitative estimate of drug-likeness (QED) is 0.378. The first-order chi connectivity index (χ1) is 17.4. The van der Waals surface area contributed by atoms with Crippen molar-refractivity contribution < 1.29 is 32.9 Å². The molecule has 0 aliphatic carbocycles. The lowest BCUT2D eigenvalue weighted by atomic mass is 9.99. The van der Waals surface area contributed by atoms with E-state index >= 15 is 0 Å². The molecule has 2 aromatic carbocycles. The number of aromatic nitrogens is 1. The zero-order chi connectivity index (χ0) is 25.6. The fourth-order valence-corrected chi connectivity index (χ4v) is 5.45. The number of rotatable bonds is 6. The van der Waals surface area contributed by atoms with E-state index in [1.807, 2.05) is 30.5 Å². The van der Waals surface area contributed by atoms with Crippen molar-refractivity contribution in [1.29, 1.82) is 0 Å². The second-order valence-electron chi connectivity index (χ2n) is 8.40. The van der Waals surface area contributed by atoms with Crippen LogP contribution in [0, 0.1) is 5.82 Å². The van der Waals surface area contributed by atoms with E-state index in [2.05, 4.69) is 4.98 Å². The van der Waals surface area contributed by atoms with Gasteiger partial charge in [-0.3, -0.25) is 0 Å². The third kappa shape index (κ3) is 4.49. The number of anilines is 2. The number of carbonyl (C=O) groups excluding carboxylic acids is 1. The molecule has 190 valence electrons. The van der Waals surface area contributed by atoms with Crippen molar-refractivity contribution >= 4 is 40.4 Å². The fraction of sp³-hybridized carbons (Fsp3) is 0.360. The van der Waals surface area contributed by atoms with Crippen LogP contribution in [0.25, 0.3) is 21.8 Å². The maximum absolute atomic E-state index is 13.5. The molecule has 0 N–H and O–H groups in total.